The molecule has 0 aliphatic carbocycles. The normalized spacial score (nSPS) is 11.0. The van der Waals surface area contributed by atoms with Gasteiger partial charge < -0.3 is 5.11 Å². The lowest BCUT2D eigenvalue weighted by molar-refractivity contribution is 0.435. The Morgan fingerprint density at radius 1 is 1.04 bits per heavy atom. The summed E-state index contributed by atoms with van der Waals surface area (Å²) in [5.41, 5.74) is 1.08. The van der Waals surface area contributed by atoms with Gasteiger partial charge in [0.25, 0.3) is 5.56 Å². The molecule has 4 aromatic rings. The second-order valence-corrected chi connectivity index (χ2v) is 6.03. The summed E-state index contributed by atoms with van der Waals surface area (Å²) in [4.78, 5) is 21.5. The van der Waals surface area contributed by atoms with Crippen LogP contribution < -0.4 is 5.56 Å². The van der Waals surface area contributed by atoms with Crippen LogP contribution in [0.4, 0.5) is 5.69 Å². The minimum atomic E-state index is -0.365. The van der Waals surface area contributed by atoms with Crippen molar-refractivity contribution in [3.8, 4) is 17.8 Å². The maximum Gasteiger partial charge on any atom is 0.267 e. The smallest absolute Gasteiger partial charge is 0.267 e. The molecule has 0 saturated heterocycles. The summed E-state index contributed by atoms with van der Waals surface area (Å²) in [6.45, 7) is 0. The van der Waals surface area contributed by atoms with Gasteiger partial charge in [0.1, 0.15) is 5.82 Å². The average molecular weight is 366 g/mol. The van der Waals surface area contributed by atoms with E-state index in [1.807, 2.05) is 0 Å². The minimum Gasteiger partial charge on any atom is -0.494 e. The van der Waals surface area contributed by atoms with E-state index in [0.29, 0.717) is 33.4 Å². The molecular weight excluding hydrogens is 352 g/mol. The third kappa shape index (κ3) is 3.02. The van der Waals surface area contributed by atoms with Crippen molar-refractivity contribution in [3.63, 3.8) is 0 Å². The number of aliphatic imine (C=N–C) groups is 1. The molecule has 2 aromatic carbocycles. The first-order chi connectivity index (χ1) is 13.7. The average Bonchev–Trinajstić information content (AvgIpc) is 2.75. The van der Waals surface area contributed by atoms with Crippen LogP contribution >= 0.6 is 0 Å². The molecule has 2 aromatic heterocycles. The van der Waals surface area contributed by atoms with E-state index in [9.17, 15) is 9.90 Å². The number of nitrogens with zero attached hydrogens (tertiary/aromatic N) is 4. The molecular formula is C22H14N4O2. The predicted octanol–water partition coefficient (Wildman–Crippen LogP) is 3.71. The number of hydrogen-bond acceptors (Lipinski definition) is 5. The lowest BCUT2D eigenvalue weighted by atomic mass is 10.1. The van der Waals surface area contributed by atoms with Crippen molar-refractivity contribution in [2.45, 2.75) is 0 Å². The fourth-order valence-electron chi connectivity index (χ4n) is 2.98. The second-order valence-electron chi connectivity index (χ2n) is 6.03. The summed E-state index contributed by atoms with van der Waals surface area (Å²) in [5, 5.41) is 20.9. The van der Waals surface area contributed by atoms with Crippen molar-refractivity contribution in [2.24, 2.45) is 4.99 Å². The Bertz CT molecular complexity index is 1300. The molecule has 0 aliphatic heterocycles. The summed E-state index contributed by atoms with van der Waals surface area (Å²) in [6, 6.07) is 21.0. The molecule has 0 saturated carbocycles. The van der Waals surface area contributed by atoms with Crippen LogP contribution in [0.5, 0.6) is 5.88 Å². The Balaban J connectivity index is 1.96. The second kappa shape index (κ2) is 7.17. The summed E-state index contributed by atoms with van der Waals surface area (Å²) >= 11 is 0. The van der Waals surface area contributed by atoms with Gasteiger partial charge in [-0.15, -0.1) is 0 Å². The molecule has 28 heavy (non-hydrogen) atoms. The van der Waals surface area contributed by atoms with Crippen LogP contribution in [0, 0.1) is 11.3 Å². The van der Waals surface area contributed by atoms with Crippen molar-refractivity contribution >= 4 is 22.7 Å². The van der Waals surface area contributed by atoms with Gasteiger partial charge in [-0.2, -0.15) is 5.26 Å². The van der Waals surface area contributed by atoms with Crippen LogP contribution in [0.25, 0.3) is 16.6 Å². The summed E-state index contributed by atoms with van der Waals surface area (Å²) in [5.74, 6) is 0.0690. The molecule has 6 heteroatoms. The van der Waals surface area contributed by atoms with Gasteiger partial charge in [0.05, 0.1) is 22.9 Å². The fraction of sp³-hybridized carbons (Fsp3) is 0. The van der Waals surface area contributed by atoms with Gasteiger partial charge in [0.15, 0.2) is 0 Å². The van der Waals surface area contributed by atoms with Gasteiger partial charge in [-0.1, -0.05) is 30.3 Å². The molecule has 0 unspecified atom stereocenters. The SMILES string of the molecule is N#Cc1cccc(N=Cc2c(O)n(-c3ccccn3)c(=O)c3ccccc23)c1. The standard InChI is InChI=1S/C22H14N4O2/c23-13-15-6-5-7-16(12-15)25-14-19-17-8-1-2-9-18(17)21(27)26(22(19)28)20-10-3-4-11-24-20/h1-12,14,28H. The zero-order chi connectivity index (χ0) is 19.5. The topological polar surface area (TPSA) is 91.3 Å². The number of nitriles is 1. The molecule has 1 N–H and O–H groups in total. The van der Waals surface area contributed by atoms with Gasteiger partial charge in [0, 0.05) is 23.2 Å². The van der Waals surface area contributed by atoms with E-state index >= 15 is 0 Å². The Labute approximate surface area is 160 Å². The molecule has 0 atom stereocenters. The van der Waals surface area contributed by atoms with Crippen LogP contribution in [-0.2, 0) is 0 Å². The number of fused-ring (bicyclic) bond motifs is 1. The fourth-order valence-corrected chi connectivity index (χ4v) is 2.98. The molecule has 0 amide bonds. The zero-order valence-electron chi connectivity index (χ0n) is 14.6. The molecule has 2 heterocycles. The van der Waals surface area contributed by atoms with E-state index < -0.39 is 0 Å². The highest BCUT2D eigenvalue weighted by Gasteiger charge is 2.16. The Morgan fingerprint density at radius 2 is 1.82 bits per heavy atom. The molecule has 0 bridgehead atoms. The summed E-state index contributed by atoms with van der Waals surface area (Å²) in [6.07, 6.45) is 3.05. The first-order valence-corrected chi connectivity index (χ1v) is 8.51. The Hall–Kier alpha value is -4.24. The monoisotopic (exact) mass is 366 g/mol. The third-order valence-corrected chi connectivity index (χ3v) is 4.30. The molecule has 0 radical (unpaired) electrons. The van der Waals surface area contributed by atoms with Gasteiger partial charge in [-0.25, -0.2) is 9.55 Å². The number of aromatic nitrogens is 2. The molecule has 0 fully saturated rings. The van der Waals surface area contributed by atoms with E-state index in [1.165, 1.54) is 6.21 Å². The van der Waals surface area contributed by atoms with Crippen molar-refractivity contribution in [1.82, 2.24) is 9.55 Å². The highest BCUT2D eigenvalue weighted by atomic mass is 16.3. The number of pyridine rings is 2. The predicted molar refractivity (Wildman–Crippen MR) is 107 cm³/mol. The zero-order valence-corrected chi connectivity index (χ0v) is 14.6. The van der Waals surface area contributed by atoms with E-state index in [2.05, 4.69) is 16.0 Å². The highest BCUT2D eigenvalue weighted by molar-refractivity contribution is 6.02. The quantitative estimate of drug-likeness (QED) is 0.560. The van der Waals surface area contributed by atoms with E-state index in [0.717, 1.165) is 4.57 Å². The van der Waals surface area contributed by atoms with E-state index in [1.54, 1.807) is 72.9 Å². The van der Waals surface area contributed by atoms with Crippen LogP contribution in [0.1, 0.15) is 11.1 Å². The first kappa shape index (κ1) is 17.2. The molecule has 134 valence electrons. The van der Waals surface area contributed by atoms with Crippen molar-refractivity contribution in [3.05, 3.63) is 94.4 Å². The van der Waals surface area contributed by atoms with Gasteiger partial charge in [-0.05, 0) is 36.4 Å². The first-order valence-electron chi connectivity index (χ1n) is 8.51. The lowest BCUT2D eigenvalue weighted by Gasteiger charge is -2.12. The van der Waals surface area contributed by atoms with E-state index in [4.69, 9.17) is 5.26 Å². The Kier molecular flexibility index (Phi) is 4.40. The third-order valence-electron chi connectivity index (χ3n) is 4.30. The van der Waals surface area contributed by atoms with Crippen LogP contribution in [-0.4, -0.2) is 20.9 Å². The van der Waals surface area contributed by atoms with E-state index in [-0.39, 0.29) is 11.4 Å². The maximum atomic E-state index is 12.9. The number of aromatic hydroxyl groups is 1. The van der Waals surface area contributed by atoms with Gasteiger partial charge in [0.2, 0.25) is 5.88 Å². The summed E-state index contributed by atoms with van der Waals surface area (Å²) < 4.78 is 1.16. The molecule has 0 spiro atoms. The highest BCUT2D eigenvalue weighted by Crippen LogP contribution is 2.26. The number of hydrogen-bond donors (Lipinski definition) is 1. The van der Waals surface area contributed by atoms with Crippen molar-refractivity contribution in [1.29, 1.82) is 5.26 Å². The maximum absolute atomic E-state index is 12.9. The summed E-state index contributed by atoms with van der Waals surface area (Å²) in [7, 11) is 0. The van der Waals surface area contributed by atoms with Crippen LogP contribution in [0.2, 0.25) is 0 Å². The van der Waals surface area contributed by atoms with Gasteiger partial charge in [-0.3, -0.25) is 9.79 Å². The van der Waals surface area contributed by atoms with Crippen LogP contribution in [0.15, 0.2) is 82.7 Å². The molecule has 0 aliphatic rings. The lowest BCUT2D eigenvalue weighted by Crippen LogP contribution is -2.20. The van der Waals surface area contributed by atoms with Crippen molar-refractivity contribution < 1.29 is 5.11 Å². The largest absolute Gasteiger partial charge is 0.494 e. The molecule has 4 rings (SSSR count). The van der Waals surface area contributed by atoms with Crippen molar-refractivity contribution in [2.75, 3.05) is 0 Å². The Morgan fingerprint density at radius 3 is 2.57 bits per heavy atom. The van der Waals surface area contributed by atoms with Gasteiger partial charge >= 0.3 is 0 Å². The number of rotatable bonds is 3. The minimum absolute atomic E-state index is 0.248. The number of benzene rings is 2. The van der Waals surface area contributed by atoms with Crippen LogP contribution in [0.3, 0.4) is 0 Å². The molecule has 6 nitrogen and oxygen atoms in total.